The van der Waals surface area contributed by atoms with Crippen LogP contribution < -0.4 is 5.73 Å². The van der Waals surface area contributed by atoms with Crippen LogP contribution in [0, 0.1) is 0 Å². The quantitative estimate of drug-likeness (QED) is 0.480. The van der Waals surface area contributed by atoms with Gasteiger partial charge in [0.1, 0.15) is 0 Å². The summed E-state index contributed by atoms with van der Waals surface area (Å²) in [4.78, 5) is 0. The van der Waals surface area contributed by atoms with Crippen molar-refractivity contribution < 1.29 is 5.11 Å². The fraction of sp³-hybridized carbons (Fsp3) is 1.00. The normalized spacial score (nSPS) is 14.7. The van der Waals surface area contributed by atoms with Crippen LogP contribution in [0.25, 0.3) is 0 Å². The molecule has 0 bridgehead atoms. The lowest BCUT2D eigenvalue weighted by Crippen LogP contribution is -2.21. The third-order valence-corrected chi connectivity index (χ3v) is 3.79. The van der Waals surface area contributed by atoms with Gasteiger partial charge in [0.25, 0.3) is 0 Å². The van der Waals surface area contributed by atoms with Crippen LogP contribution in [0.1, 0.15) is 90.9 Å². The lowest BCUT2D eigenvalue weighted by atomic mass is 10.0. The van der Waals surface area contributed by atoms with E-state index < -0.39 is 0 Å². The highest BCUT2D eigenvalue weighted by Gasteiger charge is 2.06. The van der Waals surface area contributed by atoms with Crippen LogP contribution >= 0.6 is 0 Å². The van der Waals surface area contributed by atoms with Crippen LogP contribution in [0.15, 0.2) is 0 Å². The van der Waals surface area contributed by atoms with Gasteiger partial charge in [-0.3, -0.25) is 0 Å². The monoisotopic (exact) mass is 257 g/mol. The van der Waals surface area contributed by atoms with E-state index in [1.807, 2.05) is 0 Å². The van der Waals surface area contributed by atoms with E-state index in [0.29, 0.717) is 0 Å². The molecular formula is C16H35NO. The average molecular weight is 257 g/mol. The minimum Gasteiger partial charge on any atom is -0.393 e. The van der Waals surface area contributed by atoms with Crippen LogP contribution in [-0.4, -0.2) is 17.3 Å². The van der Waals surface area contributed by atoms with Crippen molar-refractivity contribution >= 4 is 0 Å². The number of hydrogen-bond acceptors (Lipinski definition) is 2. The van der Waals surface area contributed by atoms with E-state index in [1.165, 1.54) is 51.4 Å². The standard InChI is InChI=1S/C16H35NO/c1-3-5-6-7-8-9-10-11-12-16(18)14-13-15(17)4-2/h15-16,18H,3-14,17H2,1-2H3. The van der Waals surface area contributed by atoms with E-state index in [0.717, 1.165) is 25.7 Å². The lowest BCUT2D eigenvalue weighted by Gasteiger charge is -2.13. The van der Waals surface area contributed by atoms with Crippen molar-refractivity contribution in [1.29, 1.82) is 0 Å². The van der Waals surface area contributed by atoms with Crippen LogP contribution in [-0.2, 0) is 0 Å². The highest BCUT2D eigenvalue weighted by Crippen LogP contribution is 2.13. The zero-order chi connectivity index (χ0) is 13.6. The summed E-state index contributed by atoms with van der Waals surface area (Å²) in [6, 6.07) is 0.276. The number of rotatable bonds is 13. The van der Waals surface area contributed by atoms with Gasteiger partial charge < -0.3 is 10.8 Å². The maximum Gasteiger partial charge on any atom is 0.0540 e. The Morgan fingerprint density at radius 1 is 0.778 bits per heavy atom. The fourth-order valence-electron chi connectivity index (χ4n) is 2.27. The second kappa shape index (κ2) is 13.4. The summed E-state index contributed by atoms with van der Waals surface area (Å²) >= 11 is 0. The molecule has 0 saturated carbocycles. The summed E-state index contributed by atoms with van der Waals surface area (Å²) in [5.74, 6) is 0. The summed E-state index contributed by atoms with van der Waals surface area (Å²) in [6.07, 6.45) is 14.4. The SMILES string of the molecule is CCCCCCCCCCC(O)CCC(N)CC. The number of nitrogens with two attached hydrogens (primary N) is 1. The molecule has 2 heteroatoms. The molecule has 0 amide bonds. The first-order valence-electron chi connectivity index (χ1n) is 8.14. The largest absolute Gasteiger partial charge is 0.393 e. The molecule has 2 atom stereocenters. The van der Waals surface area contributed by atoms with E-state index in [4.69, 9.17) is 5.73 Å². The van der Waals surface area contributed by atoms with Crippen molar-refractivity contribution in [1.82, 2.24) is 0 Å². The minimum absolute atomic E-state index is 0.123. The Morgan fingerprint density at radius 2 is 1.33 bits per heavy atom. The average Bonchev–Trinajstić information content (AvgIpc) is 2.39. The van der Waals surface area contributed by atoms with Crippen molar-refractivity contribution in [3.05, 3.63) is 0 Å². The topological polar surface area (TPSA) is 46.2 Å². The number of unbranched alkanes of at least 4 members (excludes halogenated alkanes) is 7. The van der Waals surface area contributed by atoms with Crippen molar-refractivity contribution in [2.75, 3.05) is 0 Å². The first-order valence-corrected chi connectivity index (χ1v) is 8.14. The molecule has 0 aliphatic rings. The molecule has 0 aromatic carbocycles. The summed E-state index contributed by atoms with van der Waals surface area (Å²) in [7, 11) is 0. The van der Waals surface area contributed by atoms with Gasteiger partial charge in [0, 0.05) is 6.04 Å². The highest BCUT2D eigenvalue weighted by molar-refractivity contribution is 4.63. The van der Waals surface area contributed by atoms with Crippen molar-refractivity contribution in [3.8, 4) is 0 Å². The van der Waals surface area contributed by atoms with Gasteiger partial charge in [-0.15, -0.1) is 0 Å². The van der Waals surface area contributed by atoms with E-state index in [-0.39, 0.29) is 12.1 Å². The predicted octanol–water partition coefficient (Wildman–Crippen LogP) is 4.40. The minimum atomic E-state index is -0.123. The zero-order valence-corrected chi connectivity index (χ0v) is 12.7. The third kappa shape index (κ3) is 12.4. The second-order valence-electron chi connectivity index (χ2n) is 5.66. The second-order valence-corrected chi connectivity index (χ2v) is 5.66. The van der Waals surface area contributed by atoms with Gasteiger partial charge in [-0.2, -0.15) is 0 Å². The Hall–Kier alpha value is -0.0800. The van der Waals surface area contributed by atoms with Gasteiger partial charge in [0.05, 0.1) is 6.10 Å². The molecule has 18 heavy (non-hydrogen) atoms. The van der Waals surface area contributed by atoms with Gasteiger partial charge in [-0.25, -0.2) is 0 Å². The Labute approximate surface area is 114 Å². The number of aliphatic hydroxyl groups is 1. The molecule has 0 aromatic rings. The van der Waals surface area contributed by atoms with E-state index in [9.17, 15) is 5.11 Å². The van der Waals surface area contributed by atoms with Gasteiger partial charge in [-0.1, -0.05) is 65.2 Å². The molecule has 2 nitrogen and oxygen atoms in total. The molecular weight excluding hydrogens is 222 g/mol. The van der Waals surface area contributed by atoms with E-state index in [2.05, 4.69) is 13.8 Å². The van der Waals surface area contributed by atoms with Gasteiger partial charge in [0.15, 0.2) is 0 Å². The summed E-state index contributed by atoms with van der Waals surface area (Å²) in [5.41, 5.74) is 5.84. The van der Waals surface area contributed by atoms with Crippen molar-refractivity contribution in [3.63, 3.8) is 0 Å². The van der Waals surface area contributed by atoms with Crippen molar-refractivity contribution in [2.45, 2.75) is 103 Å². The smallest absolute Gasteiger partial charge is 0.0540 e. The molecule has 0 saturated heterocycles. The predicted molar refractivity (Wildman–Crippen MR) is 80.7 cm³/mol. The Morgan fingerprint density at radius 3 is 1.89 bits per heavy atom. The van der Waals surface area contributed by atoms with Crippen LogP contribution in [0.3, 0.4) is 0 Å². The maximum absolute atomic E-state index is 9.81. The lowest BCUT2D eigenvalue weighted by molar-refractivity contribution is 0.145. The first kappa shape index (κ1) is 17.9. The number of hydrogen-bond donors (Lipinski definition) is 2. The summed E-state index contributed by atoms with van der Waals surface area (Å²) < 4.78 is 0. The van der Waals surface area contributed by atoms with Crippen LogP contribution in [0.2, 0.25) is 0 Å². The summed E-state index contributed by atoms with van der Waals surface area (Å²) in [5, 5.41) is 9.81. The molecule has 0 aliphatic carbocycles. The third-order valence-electron chi connectivity index (χ3n) is 3.79. The van der Waals surface area contributed by atoms with E-state index >= 15 is 0 Å². The fourth-order valence-corrected chi connectivity index (χ4v) is 2.27. The van der Waals surface area contributed by atoms with Crippen LogP contribution in [0.4, 0.5) is 0 Å². The zero-order valence-electron chi connectivity index (χ0n) is 12.7. The molecule has 0 radical (unpaired) electrons. The molecule has 0 aliphatic heterocycles. The molecule has 0 aromatic heterocycles. The first-order chi connectivity index (χ1) is 8.70. The molecule has 0 fully saturated rings. The Kier molecular flexibility index (Phi) is 13.3. The Bertz CT molecular complexity index is 161. The van der Waals surface area contributed by atoms with E-state index in [1.54, 1.807) is 0 Å². The summed E-state index contributed by atoms with van der Waals surface area (Å²) in [6.45, 7) is 4.36. The molecule has 2 unspecified atom stereocenters. The van der Waals surface area contributed by atoms with Gasteiger partial charge >= 0.3 is 0 Å². The number of aliphatic hydroxyl groups excluding tert-OH is 1. The molecule has 3 N–H and O–H groups in total. The maximum atomic E-state index is 9.81. The molecule has 0 rings (SSSR count). The molecule has 110 valence electrons. The van der Waals surface area contributed by atoms with Crippen molar-refractivity contribution in [2.24, 2.45) is 5.73 Å². The Balaban J connectivity index is 3.17. The van der Waals surface area contributed by atoms with Crippen LogP contribution in [0.5, 0.6) is 0 Å². The molecule has 0 heterocycles. The highest BCUT2D eigenvalue weighted by atomic mass is 16.3. The van der Waals surface area contributed by atoms with Gasteiger partial charge in [-0.05, 0) is 25.7 Å². The molecule has 0 spiro atoms. The van der Waals surface area contributed by atoms with Gasteiger partial charge in [0.2, 0.25) is 0 Å².